The van der Waals surface area contributed by atoms with Crippen molar-refractivity contribution in [2.75, 3.05) is 4.90 Å². The molecule has 0 unspecified atom stereocenters. The lowest BCUT2D eigenvalue weighted by Gasteiger charge is -2.40. The topological polar surface area (TPSA) is 23.5 Å². The van der Waals surface area contributed by atoms with Crippen molar-refractivity contribution in [1.82, 2.24) is 0 Å². The van der Waals surface area contributed by atoms with Crippen molar-refractivity contribution in [1.29, 1.82) is 0 Å². The molecule has 0 aromatic heterocycles. The molecular weight excluding hydrogens is 258 g/mol. The molecule has 0 radical (unpaired) electrons. The average molecular weight is 281 g/mol. The van der Waals surface area contributed by atoms with Crippen molar-refractivity contribution in [3.05, 3.63) is 73.3 Å². The Morgan fingerprint density at radius 3 is 1.86 bits per heavy atom. The molecule has 2 nitrogen and oxygen atoms in total. The predicted molar refractivity (Wildman–Crippen MR) is 89.9 cm³/mol. The maximum Gasteiger partial charge on any atom is 0.0857 e. The molecule has 1 N–H and O–H groups in total. The maximum absolute atomic E-state index is 10.8. The zero-order valence-corrected chi connectivity index (χ0v) is 12.7. The van der Waals surface area contributed by atoms with Crippen LogP contribution in [0.25, 0.3) is 0 Å². The monoisotopic (exact) mass is 281 g/mol. The van der Waals surface area contributed by atoms with Gasteiger partial charge in [-0.15, -0.1) is 6.58 Å². The molecule has 0 amide bonds. The van der Waals surface area contributed by atoms with Crippen molar-refractivity contribution in [2.24, 2.45) is 0 Å². The summed E-state index contributed by atoms with van der Waals surface area (Å²) in [4.78, 5) is 2.17. The van der Waals surface area contributed by atoms with Gasteiger partial charge in [-0.2, -0.15) is 0 Å². The van der Waals surface area contributed by atoms with Crippen LogP contribution in [0.15, 0.2) is 73.3 Å². The minimum atomic E-state index is -0.854. The van der Waals surface area contributed by atoms with E-state index < -0.39 is 5.60 Å². The average Bonchev–Trinajstić information content (AvgIpc) is 2.49. The van der Waals surface area contributed by atoms with Gasteiger partial charge in [0.1, 0.15) is 0 Å². The molecular formula is C19H23NO. The molecule has 0 saturated heterocycles. The standard InChI is InChI=1S/C19H23NO/c1-4-15-19(3,21)16(2)20(17-11-7-5-8-12-17)18-13-9-6-10-14-18/h4-14,16,21H,1,15H2,2-3H3/t16-,19+/m0/s1. The van der Waals surface area contributed by atoms with E-state index in [1.165, 1.54) is 0 Å². The molecule has 21 heavy (non-hydrogen) atoms. The molecule has 0 aliphatic rings. The number of benzene rings is 2. The molecule has 0 fully saturated rings. The summed E-state index contributed by atoms with van der Waals surface area (Å²) >= 11 is 0. The van der Waals surface area contributed by atoms with Crippen molar-refractivity contribution in [3.8, 4) is 0 Å². The Bertz CT molecular complexity index is 523. The minimum absolute atomic E-state index is 0.0831. The molecule has 0 saturated carbocycles. The molecule has 0 aliphatic carbocycles. The number of rotatable bonds is 6. The Hall–Kier alpha value is -2.06. The Labute approximate surface area is 127 Å². The van der Waals surface area contributed by atoms with Crippen LogP contribution in [0, 0.1) is 0 Å². The van der Waals surface area contributed by atoms with Gasteiger partial charge < -0.3 is 10.0 Å². The van der Waals surface area contributed by atoms with Crippen LogP contribution in [0.1, 0.15) is 20.3 Å². The van der Waals surface area contributed by atoms with E-state index in [9.17, 15) is 5.11 Å². The fourth-order valence-electron chi connectivity index (χ4n) is 2.51. The van der Waals surface area contributed by atoms with Crippen LogP contribution in [0.5, 0.6) is 0 Å². The molecule has 0 heterocycles. The Morgan fingerprint density at radius 2 is 1.48 bits per heavy atom. The van der Waals surface area contributed by atoms with Crippen molar-refractivity contribution >= 4 is 11.4 Å². The van der Waals surface area contributed by atoms with Crippen LogP contribution in [0.2, 0.25) is 0 Å². The number of para-hydroxylation sites is 2. The van der Waals surface area contributed by atoms with E-state index in [1.807, 2.05) is 50.2 Å². The quantitative estimate of drug-likeness (QED) is 0.786. The van der Waals surface area contributed by atoms with Crippen LogP contribution < -0.4 is 4.90 Å². The number of aliphatic hydroxyl groups is 1. The van der Waals surface area contributed by atoms with E-state index in [0.29, 0.717) is 6.42 Å². The normalized spacial score (nSPS) is 15.0. The summed E-state index contributed by atoms with van der Waals surface area (Å²) in [6, 6.07) is 20.2. The van der Waals surface area contributed by atoms with Gasteiger partial charge in [-0.1, -0.05) is 42.5 Å². The first-order valence-corrected chi connectivity index (χ1v) is 7.29. The molecule has 0 bridgehead atoms. The van der Waals surface area contributed by atoms with E-state index >= 15 is 0 Å². The first kappa shape index (κ1) is 15.3. The van der Waals surface area contributed by atoms with E-state index in [-0.39, 0.29) is 6.04 Å². The molecule has 0 aliphatic heterocycles. The third-order valence-electron chi connectivity index (χ3n) is 3.91. The fourth-order valence-corrected chi connectivity index (χ4v) is 2.51. The van der Waals surface area contributed by atoms with E-state index in [4.69, 9.17) is 0 Å². The summed E-state index contributed by atoms with van der Waals surface area (Å²) in [5, 5.41) is 10.8. The van der Waals surface area contributed by atoms with Crippen molar-refractivity contribution in [3.63, 3.8) is 0 Å². The zero-order valence-electron chi connectivity index (χ0n) is 12.7. The Kier molecular flexibility index (Phi) is 4.81. The predicted octanol–water partition coefficient (Wildman–Crippen LogP) is 4.54. The fraction of sp³-hybridized carbons (Fsp3) is 0.263. The lowest BCUT2D eigenvalue weighted by atomic mass is 9.91. The third kappa shape index (κ3) is 3.53. The SMILES string of the molecule is C=CC[C@@](C)(O)[C@H](C)N(c1ccccc1)c1ccccc1. The minimum Gasteiger partial charge on any atom is -0.388 e. The second-order valence-corrected chi connectivity index (χ2v) is 5.57. The first-order valence-electron chi connectivity index (χ1n) is 7.29. The van der Waals surface area contributed by atoms with Crippen LogP contribution in [0.4, 0.5) is 11.4 Å². The largest absolute Gasteiger partial charge is 0.388 e. The third-order valence-corrected chi connectivity index (χ3v) is 3.91. The van der Waals surface area contributed by atoms with Gasteiger partial charge in [0.25, 0.3) is 0 Å². The summed E-state index contributed by atoms with van der Waals surface area (Å²) in [6.07, 6.45) is 2.31. The molecule has 2 aromatic carbocycles. The summed E-state index contributed by atoms with van der Waals surface area (Å²) < 4.78 is 0. The highest BCUT2D eigenvalue weighted by molar-refractivity contribution is 5.64. The molecule has 2 rings (SSSR count). The van der Waals surface area contributed by atoms with Gasteiger partial charge in [0, 0.05) is 11.4 Å². The molecule has 110 valence electrons. The maximum atomic E-state index is 10.8. The van der Waals surface area contributed by atoms with Gasteiger partial charge in [0.2, 0.25) is 0 Å². The van der Waals surface area contributed by atoms with Gasteiger partial charge in [-0.3, -0.25) is 0 Å². The lowest BCUT2D eigenvalue weighted by molar-refractivity contribution is 0.0417. The zero-order chi connectivity index (χ0) is 15.3. The first-order chi connectivity index (χ1) is 10.1. The van der Waals surface area contributed by atoms with Crippen molar-refractivity contribution in [2.45, 2.75) is 31.9 Å². The van der Waals surface area contributed by atoms with Crippen LogP contribution in [-0.4, -0.2) is 16.7 Å². The number of hydrogen-bond acceptors (Lipinski definition) is 2. The highest BCUT2D eigenvalue weighted by atomic mass is 16.3. The van der Waals surface area contributed by atoms with Gasteiger partial charge in [-0.05, 0) is 44.5 Å². The smallest absolute Gasteiger partial charge is 0.0857 e. The van der Waals surface area contributed by atoms with Crippen LogP contribution in [-0.2, 0) is 0 Å². The number of anilines is 2. The van der Waals surface area contributed by atoms with Crippen molar-refractivity contribution < 1.29 is 5.11 Å². The number of hydrogen-bond donors (Lipinski definition) is 1. The van der Waals surface area contributed by atoms with E-state index in [1.54, 1.807) is 6.08 Å². The Balaban J connectivity index is 2.44. The molecule has 2 atom stereocenters. The van der Waals surface area contributed by atoms with Gasteiger partial charge >= 0.3 is 0 Å². The highest BCUT2D eigenvalue weighted by Gasteiger charge is 2.32. The van der Waals surface area contributed by atoms with Gasteiger partial charge in [0.05, 0.1) is 11.6 Å². The lowest BCUT2D eigenvalue weighted by Crippen LogP contribution is -2.47. The molecule has 2 heteroatoms. The van der Waals surface area contributed by atoms with Crippen LogP contribution >= 0.6 is 0 Å². The summed E-state index contributed by atoms with van der Waals surface area (Å²) in [5.74, 6) is 0. The summed E-state index contributed by atoms with van der Waals surface area (Å²) in [5.41, 5.74) is 1.29. The summed E-state index contributed by atoms with van der Waals surface area (Å²) in [7, 11) is 0. The molecule has 0 spiro atoms. The van der Waals surface area contributed by atoms with Gasteiger partial charge in [0.15, 0.2) is 0 Å². The van der Waals surface area contributed by atoms with E-state index in [2.05, 4.69) is 35.7 Å². The Morgan fingerprint density at radius 1 is 1.05 bits per heavy atom. The number of nitrogens with zero attached hydrogens (tertiary/aromatic N) is 1. The second kappa shape index (κ2) is 6.59. The van der Waals surface area contributed by atoms with E-state index in [0.717, 1.165) is 11.4 Å². The highest BCUT2D eigenvalue weighted by Crippen LogP contribution is 2.32. The molecule has 2 aromatic rings. The van der Waals surface area contributed by atoms with Crippen LogP contribution in [0.3, 0.4) is 0 Å². The summed E-state index contributed by atoms with van der Waals surface area (Å²) in [6.45, 7) is 7.66. The second-order valence-electron chi connectivity index (χ2n) is 5.57. The van der Waals surface area contributed by atoms with Gasteiger partial charge in [-0.25, -0.2) is 0 Å².